The molecule has 1 aromatic carbocycles. The summed E-state index contributed by atoms with van der Waals surface area (Å²) in [5.74, 6) is 0. The first kappa shape index (κ1) is 9.54. The molecule has 0 aromatic heterocycles. The molecule has 0 saturated heterocycles. The summed E-state index contributed by atoms with van der Waals surface area (Å²) in [6, 6.07) is 12.1. The number of allylic oxidation sites excluding steroid dienone is 1. The molecular weight excluding hydrogens is 158 g/mol. The number of nitriles is 1. The number of hydrogen-bond acceptors (Lipinski definition) is 1. The second-order valence-electron chi connectivity index (χ2n) is 3.30. The van der Waals surface area contributed by atoms with E-state index in [1.165, 1.54) is 0 Å². The van der Waals surface area contributed by atoms with Crippen LogP contribution in [0.3, 0.4) is 0 Å². The molecule has 0 spiro atoms. The Labute approximate surface area is 79.3 Å². The van der Waals surface area contributed by atoms with E-state index in [4.69, 9.17) is 5.26 Å². The van der Waals surface area contributed by atoms with Crippen LogP contribution in [0, 0.1) is 11.3 Å². The van der Waals surface area contributed by atoms with E-state index in [2.05, 4.69) is 12.6 Å². The maximum Gasteiger partial charge on any atom is 0.0828 e. The third-order valence-corrected chi connectivity index (χ3v) is 2.21. The fourth-order valence-electron chi connectivity index (χ4n) is 1.32. The molecule has 0 aliphatic rings. The SMILES string of the molecule is C=CC[C@@](C)(C#N)c1ccccc1. The summed E-state index contributed by atoms with van der Waals surface area (Å²) in [6.45, 7) is 5.60. The summed E-state index contributed by atoms with van der Waals surface area (Å²) in [5, 5.41) is 9.07. The standard InChI is InChI=1S/C12H13N/c1-3-9-12(2,10-13)11-7-5-4-6-8-11/h3-8H,1,9H2,2H3/t12-/m0/s1. The third kappa shape index (κ3) is 1.97. The van der Waals surface area contributed by atoms with Crippen LogP contribution in [0.1, 0.15) is 18.9 Å². The molecule has 0 unspecified atom stereocenters. The smallest absolute Gasteiger partial charge is 0.0828 e. The molecule has 0 radical (unpaired) electrons. The molecule has 1 atom stereocenters. The Kier molecular flexibility index (Phi) is 2.87. The normalized spacial score (nSPS) is 14.2. The molecule has 0 fully saturated rings. The van der Waals surface area contributed by atoms with Gasteiger partial charge in [-0.25, -0.2) is 0 Å². The monoisotopic (exact) mass is 171 g/mol. The van der Waals surface area contributed by atoms with Crippen molar-refractivity contribution in [2.24, 2.45) is 0 Å². The lowest BCUT2D eigenvalue weighted by Gasteiger charge is -2.19. The quantitative estimate of drug-likeness (QED) is 0.641. The molecule has 1 nitrogen and oxygen atoms in total. The van der Waals surface area contributed by atoms with E-state index in [0.717, 1.165) is 5.56 Å². The van der Waals surface area contributed by atoms with Crippen LogP contribution in [-0.2, 0) is 5.41 Å². The largest absolute Gasteiger partial charge is 0.197 e. The van der Waals surface area contributed by atoms with Crippen molar-refractivity contribution in [3.63, 3.8) is 0 Å². The maximum absolute atomic E-state index is 9.07. The summed E-state index contributed by atoms with van der Waals surface area (Å²) in [5.41, 5.74) is 0.626. The van der Waals surface area contributed by atoms with Gasteiger partial charge in [-0.2, -0.15) is 5.26 Å². The van der Waals surface area contributed by atoms with Crippen molar-refractivity contribution in [3.8, 4) is 6.07 Å². The molecule has 0 N–H and O–H groups in total. The minimum Gasteiger partial charge on any atom is -0.197 e. The first-order valence-corrected chi connectivity index (χ1v) is 4.30. The van der Waals surface area contributed by atoms with Gasteiger partial charge in [-0.15, -0.1) is 6.58 Å². The zero-order chi connectivity index (χ0) is 9.73. The second kappa shape index (κ2) is 3.91. The molecule has 0 heterocycles. The molecule has 13 heavy (non-hydrogen) atoms. The van der Waals surface area contributed by atoms with Crippen LogP contribution < -0.4 is 0 Å². The maximum atomic E-state index is 9.07. The average molecular weight is 171 g/mol. The minimum absolute atomic E-state index is 0.428. The molecule has 0 aliphatic heterocycles. The fourth-order valence-corrected chi connectivity index (χ4v) is 1.32. The van der Waals surface area contributed by atoms with E-state index in [0.29, 0.717) is 6.42 Å². The van der Waals surface area contributed by atoms with Crippen LogP contribution in [-0.4, -0.2) is 0 Å². The Morgan fingerprint density at radius 1 is 1.46 bits per heavy atom. The molecule has 0 aliphatic carbocycles. The highest BCUT2D eigenvalue weighted by atomic mass is 14.3. The van der Waals surface area contributed by atoms with Gasteiger partial charge in [0.2, 0.25) is 0 Å². The summed E-state index contributed by atoms with van der Waals surface area (Å²) in [4.78, 5) is 0. The lowest BCUT2D eigenvalue weighted by Crippen LogP contribution is -2.17. The van der Waals surface area contributed by atoms with Crippen molar-refractivity contribution in [1.29, 1.82) is 5.26 Å². The summed E-state index contributed by atoms with van der Waals surface area (Å²) in [6.07, 6.45) is 2.48. The van der Waals surface area contributed by atoms with Crippen molar-refractivity contribution in [2.75, 3.05) is 0 Å². The van der Waals surface area contributed by atoms with Crippen LogP contribution in [0.2, 0.25) is 0 Å². The van der Waals surface area contributed by atoms with Gasteiger partial charge < -0.3 is 0 Å². The van der Waals surface area contributed by atoms with Crippen molar-refractivity contribution in [1.82, 2.24) is 0 Å². The first-order valence-electron chi connectivity index (χ1n) is 4.30. The molecule has 0 amide bonds. The van der Waals surface area contributed by atoms with Crippen LogP contribution in [0.25, 0.3) is 0 Å². The van der Waals surface area contributed by atoms with E-state index < -0.39 is 5.41 Å². The number of nitrogens with zero attached hydrogens (tertiary/aromatic N) is 1. The van der Waals surface area contributed by atoms with Crippen LogP contribution in [0.5, 0.6) is 0 Å². The average Bonchev–Trinajstić information content (AvgIpc) is 2.19. The van der Waals surface area contributed by atoms with E-state index in [1.807, 2.05) is 37.3 Å². The lowest BCUT2D eigenvalue weighted by atomic mass is 9.81. The van der Waals surface area contributed by atoms with Gasteiger partial charge in [0.15, 0.2) is 0 Å². The van der Waals surface area contributed by atoms with Crippen molar-refractivity contribution < 1.29 is 0 Å². The van der Waals surface area contributed by atoms with Crippen molar-refractivity contribution in [3.05, 3.63) is 48.6 Å². The zero-order valence-corrected chi connectivity index (χ0v) is 7.83. The topological polar surface area (TPSA) is 23.8 Å². The molecule has 1 heteroatoms. The Hall–Kier alpha value is -1.55. The van der Waals surface area contributed by atoms with Crippen LogP contribution in [0.15, 0.2) is 43.0 Å². The van der Waals surface area contributed by atoms with Gasteiger partial charge in [-0.05, 0) is 18.9 Å². The summed E-state index contributed by atoms with van der Waals surface area (Å²) in [7, 11) is 0. The number of benzene rings is 1. The molecule has 1 aromatic rings. The Balaban J connectivity index is 3.04. The molecule has 66 valence electrons. The Bertz CT molecular complexity index is 321. The highest BCUT2D eigenvalue weighted by Crippen LogP contribution is 2.26. The molecule has 1 rings (SSSR count). The Morgan fingerprint density at radius 2 is 2.08 bits per heavy atom. The lowest BCUT2D eigenvalue weighted by molar-refractivity contribution is 0.622. The van der Waals surface area contributed by atoms with Gasteiger partial charge in [0.1, 0.15) is 0 Å². The fraction of sp³-hybridized carbons (Fsp3) is 0.250. The van der Waals surface area contributed by atoms with Crippen LogP contribution in [0.4, 0.5) is 0 Å². The predicted molar refractivity (Wildman–Crippen MR) is 54.2 cm³/mol. The van der Waals surface area contributed by atoms with Gasteiger partial charge in [0, 0.05) is 0 Å². The third-order valence-electron chi connectivity index (χ3n) is 2.21. The number of rotatable bonds is 3. The van der Waals surface area contributed by atoms with Gasteiger partial charge in [-0.1, -0.05) is 36.4 Å². The summed E-state index contributed by atoms with van der Waals surface area (Å²) >= 11 is 0. The van der Waals surface area contributed by atoms with E-state index in [9.17, 15) is 0 Å². The summed E-state index contributed by atoms with van der Waals surface area (Å²) < 4.78 is 0. The van der Waals surface area contributed by atoms with Gasteiger partial charge >= 0.3 is 0 Å². The Morgan fingerprint density at radius 3 is 2.54 bits per heavy atom. The van der Waals surface area contributed by atoms with Crippen molar-refractivity contribution >= 4 is 0 Å². The molecule has 0 bridgehead atoms. The highest BCUT2D eigenvalue weighted by Gasteiger charge is 2.23. The molecular formula is C12H13N. The minimum atomic E-state index is -0.428. The van der Waals surface area contributed by atoms with Gasteiger partial charge in [0.25, 0.3) is 0 Å². The highest BCUT2D eigenvalue weighted by molar-refractivity contribution is 5.31. The van der Waals surface area contributed by atoms with E-state index in [-0.39, 0.29) is 0 Å². The van der Waals surface area contributed by atoms with E-state index >= 15 is 0 Å². The van der Waals surface area contributed by atoms with Crippen molar-refractivity contribution in [2.45, 2.75) is 18.8 Å². The second-order valence-corrected chi connectivity index (χ2v) is 3.30. The number of hydrogen-bond donors (Lipinski definition) is 0. The zero-order valence-electron chi connectivity index (χ0n) is 7.83. The van der Waals surface area contributed by atoms with E-state index in [1.54, 1.807) is 6.08 Å². The van der Waals surface area contributed by atoms with Gasteiger partial charge in [-0.3, -0.25) is 0 Å². The predicted octanol–water partition coefficient (Wildman–Crippen LogP) is 3.04. The first-order chi connectivity index (χ1) is 6.23. The molecule has 0 saturated carbocycles. The van der Waals surface area contributed by atoms with Gasteiger partial charge in [0.05, 0.1) is 11.5 Å². The van der Waals surface area contributed by atoms with Crippen LogP contribution >= 0.6 is 0 Å².